The lowest BCUT2D eigenvalue weighted by atomic mass is 10.2. The molecule has 184 valence electrons. The normalized spacial score (nSPS) is 11.2. The van der Waals surface area contributed by atoms with Gasteiger partial charge >= 0.3 is 6.18 Å². The highest BCUT2D eigenvalue weighted by molar-refractivity contribution is 6.32. The van der Waals surface area contributed by atoms with Crippen molar-refractivity contribution >= 4 is 40.0 Å². The molecule has 0 fully saturated rings. The number of nitrogens with one attached hydrogen (secondary N) is 2. The summed E-state index contributed by atoms with van der Waals surface area (Å²) in [6.07, 6.45) is -1.49. The van der Waals surface area contributed by atoms with Crippen molar-refractivity contribution in [3.63, 3.8) is 0 Å². The molecule has 0 bridgehead atoms. The summed E-state index contributed by atoms with van der Waals surface area (Å²) in [4.78, 5) is 20.1. The minimum atomic E-state index is -4.49. The molecule has 0 saturated carbocycles. The Morgan fingerprint density at radius 1 is 1.17 bits per heavy atom. The van der Waals surface area contributed by atoms with Crippen LogP contribution in [0.2, 0.25) is 5.02 Å². The topological polar surface area (TPSA) is 105 Å². The number of fused-ring (bicyclic) bond motifs is 1. The quantitative estimate of drug-likeness (QED) is 0.314. The first-order valence-corrected chi connectivity index (χ1v) is 11.0. The molecule has 1 amide bonds. The largest absolute Gasteiger partial charge is 0.456 e. The second-order valence-electron chi connectivity index (χ2n) is 7.55. The molecule has 12 heteroatoms. The summed E-state index contributed by atoms with van der Waals surface area (Å²) in [7, 11) is 0. The highest BCUT2D eigenvalue weighted by Crippen LogP contribution is 2.36. The van der Waals surface area contributed by atoms with E-state index in [1.165, 1.54) is 24.5 Å². The maximum absolute atomic E-state index is 13.0. The number of amides is 1. The van der Waals surface area contributed by atoms with E-state index < -0.39 is 11.7 Å². The fourth-order valence-corrected chi connectivity index (χ4v) is 3.64. The van der Waals surface area contributed by atoms with Gasteiger partial charge < -0.3 is 19.9 Å². The van der Waals surface area contributed by atoms with Gasteiger partial charge in [0.2, 0.25) is 5.91 Å². The zero-order chi connectivity index (χ0) is 25.7. The summed E-state index contributed by atoms with van der Waals surface area (Å²) < 4.78 is 46.3. The van der Waals surface area contributed by atoms with E-state index in [1.807, 2.05) is 4.57 Å². The van der Waals surface area contributed by atoms with Crippen LogP contribution in [0.25, 0.3) is 11.0 Å². The molecule has 0 spiro atoms. The first-order chi connectivity index (χ1) is 17.2. The van der Waals surface area contributed by atoms with Crippen LogP contribution in [-0.4, -0.2) is 27.0 Å². The number of rotatable bonds is 8. The van der Waals surface area contributed by atoms with Gasteiger partial charge in [0.1, 0.15) is 29.8 Å². The number of nitriles is 1. The Hall–Kier alpha value is -4.30. The molecule has 2 aromatic carbocycles. The van der Waals surface area contributed by atoms with E-state index in [1.54, 1.807) is 30.5 Å². The number of nitrogens with zero attached hydrogens (tertiary/aromatic N) is 4. The molecular formula is C24H18ClF3N6O2. The average Bonchev–Trinajstić information content (AvgIpc) is 3.25. The van der Waals surface area contributed by atoms with Gasteiger partial charge in [0.15, 0.2) is 5.82 Å². The maximum Gasteiger partial charge on any atom is 0.416 e. The van der Waals surface area contributed by atoms with Gasteiger partial charge in [-0.1, -0.05) is 17.7 Å². The number of carbonyl (C=O) groups is 1. The molecule has 2 N–H and O–H groups in total. The van der Waals surface area contributed by atoms with Crippen molar-refractivity contribution in [2.75, 3.05) is 11.9 Å². The van der Waals surface area contributed by atoms with Crippen molar-refractivity contribution < 1.29 is 22.7 Å². The van der Waals surface area contributed by atoms with Crippen LogP contribution >= 0.6 is 11.6 Å². The minimum absolute atomic E-state index is 0.00429. The highest BCUT2D eigenvalue weighted by atomic mass is 35.5. The Morgan fingerprint density at radius 2 is 2.00 bits per heavy atom. The van der Waals surface area contributed by atoms with Crippen LogP contribution in [0.15, 0.2) is 61.1 Å². The molecule has 0 aliphatic carbocycles. The number of alkyl halides is 3. The summed E-state index contributed by atoms with van der Waals surface area (Å²) >= 11 is 6.34. The smallest absolute Gasteiger partial charge is 0.416 e. The molecule has 0 unspecified atom stereocenters. The van der Waals surface area contributed by atoms with Gasteiger partial charge in [-0.3, -0.25) is 4.79 Å². The molecule has 4 rings (SSSR count). The Bertz CT molecular complexity index is 1450. The van der Waals surface area contributed by atoms with E-state index in [4.69, 9.17) is 21.6 Å². The SMILES string of the molecule is N#CCC(=O)NCCn1ccc2ncnc(Nc3ccc(Oc4cccc(C(F)(F)F)c4)c(Cl)c3)c21. The fourth-order valence-electron chi connectivity index (χ4n) is 3.42. The first kappa shape index (κ1) is 24.8. The van der Waals surface area contributed by atoms with Gasteiger partial charge in [-0.25, -0.2) is 9.97 Å². The number of ether oxygens (including phenoxy) is 1. The first-order valence-electron chi connectivity index (χ1n) is 10.6. The summed E-state index contributed by atoms with van der Waals surface area (Å²) in [5.41, 5.74) is 1.10. The molecule has 0 aliphatic heterocycles. The molecule has 0 radical (unpaired) electrons. The van der Waals surface area contributed by atoms with Gasteiger partial charge in [0.25, 0.3) is 0 Å². The summed E-state index contributed by atoms with van der Waals surface area (Å²) in [6.45, 7) is 0.735. The predicted molar refractivity (Wildman–Crippen MR) is 127 cm³/mol. The van der Waals surface area contributed by atoms with E-state index in [9.17, 15) is 18.0 Å². The van der Waals surface area contributed by atoms with Gasteiger partial charge in [0.05, 0.1) is 22.2 Å². The zero-order valence-electron chi connectivity index (χ0n) is 18.5. The second kappa shape index (κ2) is 10.5. The van der Waals surface area contributed by atoms with Gasteiger partial charge in [-0.2, -0.15) is 18.4 Å². The van der Waals surface area contributed by atoms with Crippen molar-refractivity contribution in [1.29, 1.82) is 5.26 Å². The number of hydrogen-bond donors (Lipinski definition) is 2. The van der Waals surface area contributed by atoms with E-state index in [0.29, 0.717) is 35.6 Å². The molecular weight excluding hydrogens is 497 g/mol. The van der Waals surface area contributed by atoms with Crippen LogP contribution in [0.5, 0.6) is 11.5 Å². The standard InChI is InChI=1S/C24H18ClF3N6O2/c25-18-13-16(4-5-20(18)36-17-3-1-2-15(12-17)24(26,27)28)33-23-22-19(31-14-32-23)7-10-34(22)11-9-30-21(35)6-8-29/h1-5,7,10,12-14H,6,9,11H2,(H,30,35)(H,31,32,33). The summed E-state index contributed by atoms with van der Waals surface area (Å²) in [5, 5.41) is 14.6. The molecule has 0 saturated heterocycles. The molecule has 0 atom stereocenters. The molecule has 4 aromatic rings. The maximum atomic E-state index is 13.0. The number of carbonyl (C=O) groups excluding carboxylic acids is 1. The van der Waals surface area contributed by atoms with E-state index >= 15 is 0 Å². The fraction of sp³-hybridized carbons (Fsp3) is 0.167. The molecule has 0 aliphatic rings. The van der Waals surface area contributed by atoms with Crippen molar-refractivity contribution in [3.05, 3.63) is 71.6 Å². The van der Waals surface area contributed by atoms with Gasteiger partial charge in [-0.05, 0) is 42.5 Å². The van der Waals surface area contributed by atoms with E-state index in [-0.39, 0.29) is 28.8 Å². The lowest BCUT2D eigenvalue weighted by molar-refractivity contribution is -0.137. The van der Waals surface area contributed by atoms with Crippen LogP contribution in [0, 0.1) is 11.3 Å². The highest BCUT2D eigenvalue weighted by Gasteiger charge is 2.30. The van der Waals surface area contributed by atoms with Crippen LogP contribution in [0.4, 0.5) is 24.7 Å². The van der Waals surface area contributed by atoms with Crippen molar-refractivity contribution in [2.24, 2.45) is 0 Å². The number of benzene rings is 2. The average molecular weight is 515 g/mol. The number of halogens is 4. The lowest BCUT2D eigenvalue weighted by Crippen LogP contribution is -2.26. The van der Waals surface area contributed by atoms with Crippen LogP contribution < -0.4 is 15.4 Å². The van der Waals surface area contributed by atoms with Crippen molar-refractivity contribution in [3.8, 4) is 17.6 Å². The Kier molecular flexibility index (Phi) is 7.26. The molecule has 36 heavy (non-hydrogen) atoms. The molecule has 2 heterocycles. The zero-order valence-corrected chi connectivity index (χ0v) is 19.3. The number of hydrogen-bond acceptors (Lipinski definition) is 6. The molecule has 2 aromatic heterocycles. The summed E-state index contributed by atoms with van der Waals surface area (Å²) in [5.74, 6) is 0.317. The Labute approximate surface area is 208 Å². The van der Waals surface area contributed by atoms with Crippen LogP contribution in [0.3, 0.4) is 0 Å². The Morgan fingerprint density at radius 3 is 2.75 bits per heavy atom. The van der Waals surface area contributed by atoms with Crippen molar-refractivity contribution in [2.45, 2.75) is 19.1 Å². The van der Waals surface area contributed by atoms with E-state index in [0.717, 1.165) is 12.1 Å². The third-order valence-corrected chi connectivity index (χ3v) is 5.34. The van der Waals surface area contributed by atoms with E-state index in [2.05, 4.69) is 20.6 Å². The number of anilines is 2. The summed E-state index contributed by atoms with van der Waals surface area (Å²) in [6, 6.07) is 12.9. The molecule has 8 nitrogen and oxygen atoms in total. The minimum Gasteiger partial charge on any atom is -0.456 e. The van der Waals surface area contributed by atoms with Gasteiger partial charge in [-0.15, -0.1) is 0 Å². The van der Waals surface area contributed by atoms with Crippen LogP contribution in [-0.2, 0) is 17.5 Å². The monoisotopic (exact) mass is 514 g/mol. The van der Waals surface area contributed by atoms with Crippen molar-refractivity contribution in [1.82, 2.24) is 19.9 Å². The number of aromatic nitrogens is 3. The second-order valence-corrected chi connectivity index (χ2v) is 7.96. The predicted octanol–water partition coefficient (Wildman–Crippen LogP) is 5.67. The lowest BCUT2D eigenvalue weighted by Gasteiger charge is -2.13. The van der Waals surface area contributed by atoms with Crippen LogP contribution in [0.1, 0.15) is 12.0 Å². The Balaban J connectivity index is 1.51. The third-order valence-electron chi connectivity index (χ3n) is 5.05. The third kappa shape index (κ3) is 5.84. The van der Waals surface area contributed by atoms with Gasteiger partial charge in [0, 0.05) is 25.0 Å².